The Balaban J connectivity index is 3.65. The molecule has 0 saturated carbocycles. The molecule has 4 nitrogen and oxygen atoms in total. The minimum absolute atomic E-state index is 0.0486. The Labute approximate surface area is 61.3 Å². The molecule has 0 radical (unpaired) electrons. The number of likely N-dealkylation sites (N-methyl/N-ethyl adjacent to an activating group) is 1. The number of carbonyl (C=O) groups is 1. The summed E-state index contributed by atoms with van der Waals surface area (Å²) in [5.41, 5.74) is 2.33. The normalized spacial score (nSPS) is 9.50. The standard InChI is InChI=1S/C6H15N3O/c1-3-9(4-2)6(10)5-8-7/h8H,3-5,7H2,1-2H3. The molecule has 1 amide bonds. The predicted octanol–water partition coefficient (Wildman–Crippen LogP) is -0.682. The van der Waals surface area contributed by atoms with E-state index in [4.69, 9.17) is 5.84 Å². The Hall–Kier alpha value is -0.610. The van der Waals surface area contributed by atoms with Gasteiger partial charge in [-0.2, -0.15) is 0 Å². The smallest absolute Gasteiger partial charge is 0.237 e. The molecule has 0 aromatic heterocycles. The number of nitrogens with two attached hydrogens (primary N) is 1. The van der Waals surface area contributed by atoms with Crippen LogP contribution in [0.3, 0.4) is 0 Å². The molecule has 0 spiro atoms. The summed E-state index contributed by atoms with van der Waals surface area (Å²) in [6.45, 7) is 5.60. The van der Waals surface area contributed by atoms with E-state index < -0.39 is 0 Å². The molecule has 4 heteroatoms. The van der Waals surface area contributed by atoms with Crippen molar-refractivity contribution < 1.29 is 4.79 Å². The average Bonchev–Trinajstić information content (AvgIpc) is 1.91. The first kappa shape index (κ1) is 9.39. The molecule has 0 unspecified atom stereocenters. The Bertz CT molecular complexity index is 101. The Kier molecular flexibility index (Phi) is 4.88. The highest BCUT2D eigenvalue weighted by Crippen LogP contribution is 1.85. The van der Waals surface area contributed by atoms with Crippen LogP contribution >= 0.6 is 0 Å². The van der Waals surface area contributed by atoms with Crippen molar-refractivity contribution in [3.05, 3.63) is 0 Å². The quantitative estimate of drug-likeness (QED) is 0.407. The number of carbonyl (C=O) groups excluding carboxylic acids is 1. The van der Waals surface area contributed by atoms with Crippen LogP contribution in [0.15, 0.2) is 0 Å². The molecule has 0 fully saturated rings. The van der Waals surface area contributed by atoms with Crippen LogP contribution in [0.5, 0.6) is 0 Å². The van der Waals surface area contributed by atoms with E-state index in [9.17, 15) is 4.79 Å². The largest absolute Gasteiger partial charge is 0.342 e. The molecule has 0 aromatic rings. The van der Waals surface area contributed by atoms with Crippen molar-refractivity contribution in [2.75, 3.05) is 19.6 Å². The molecule has 0 aromatic carbocycles. The number of rotatable bonds is 4. The minimum Gasteiger partial charge on any atom is -0.342 e. The van der Waals surface area contributed by atoms with Crippen LogP contribution in [0.1, 0.15) is 13.8 Å². The third-order valence-electron chi connectivity index (χ3n) is 1.37. The van der Waals surface area contributed by atoms with E-state index in [-0.39, 0.29) is 12.5 Å². The molecule has 0 rings (SSSR count). The summed E-state index contributed by atoms with van der Waals surface area (Å²) in [5, 5.41) is 0. The van der Waals surface area contributed by atoms with Gasteiger partial charge in [-0.3, -0.25) is 16.1 Å². The number of hydrazine groups is 1. The summed E-state index contributed by atoms with van der Waals surface area (Å²) in [6.07, 6.45) is 0. The van der Waals surface area contributed by atoms with Gasteiger partial charge in [0.25, 0.3) is 0 Å². The molecule has 0 aliphatic carbocycles. The number of hydrogen-bond donors (Lipinski definition) is 2. The lowest BCUT2D eigenvalue weighted by Gasteiger charge is -2.17. The van der Waals surface area contributed by atoms with E-state index in [0.717, 1.165) is 13.1 Å². The highest BCUT2D eigenvalue weighted by molar-refractivity contribution is 5.78. The molecule has 0 aliphatic heterocycles. The second-order valence-corrected chi connectivity index (χ2v) is 1.95. The first-order chi connectivity index (χ1) is 4.76. The van der Waals surface area contributed by atoms with Gasteiger partial charge >= 0.3 is 0 Å². The van der Waals surface area contributed by atoms with Crippen molar-refractivity contribution in [3.8, 4) is 0 Å². The maximum Gasteiger partial charge on any atom is 0.237 e. The van der Waals surface area contributed by atoms with Gasteiger partial charge in [-0.1, -0.05) is 0 Å². The predicted molar refractivity (Wildman–Crippen MR) is 40.1 cm³/mol. The fourth-order valence-corrected chi connectivity index (χ4v) is 0.775. The fourth-order valence-electron chi connectivity index (χ4n) is 0.775. The van der Waals surface area contributed by atoms with Gasteiger partial charge in [0.2, 0.25) is 5.91 Å². The van der Waals surface area contributed by atoms with E-state index in [1.165, 1.54) is 0 Å². The monoisotopic (exact) mass is 145 g/mol. The van der Waals surface area contributed by atoms with Crippen molar-refractivity contribution in [2.24, 2.45) is 5.84 Å². The van der Waals surface area contributed by atoms with Crippen molar-refractivity contribution in [1.29, 1.82) is 0 Å². The highest BCUT2D eigenvalue weighted by atomic mass is 16.2. The molecule has 60 valence electrons. The molecule has 0 heterocycles. The second-order valence-electron chi connectivity index (χ2n) is 1.95. The van der Waals surface area contributed by atoms with Crippen LogP contribution in [0.25, 0.3) is 0 Å². The van der Waals surface area contributed by atoms with E-state index in [1.54, 1.807) is 4.90 Å². The van der Waals surface area contributed by atoms with Crippen LogP contribution in [-0.4, -0.2) is 30.4 Å². The zero-order valence-corrected chi connectivity index (χ0v) is 6.55. The third-order valence-corrected chi connectivity index (χ3v) is 1.37. The highest BCUT2D eigenvalue weighted by Gasteiger charge is 2.06. The van der Waals surface area contributed by atoms with Crippen molar-refractivity contribution in [3.63, 3.8) is 0 Å². The van der Waals surface area contributed by atoms with Gasteiger partial charge in [-0.25, -0.2) is 0 Å². The Morgan fingerprint density at radius 2 is 2.00 bits per heavy atom. The van der Waals surface area contributed by atoms with Gasteiger partial charge in [-0.05, 0) is 13.8 Å². The van der Waals surface area contributed by atoms with Crippen molar-refractivity contribution in [2.45, 2.75) is 13.8 Å². The minimum atomic E-state index is 0.0486. The zero-order chi connectivity index (χ0) is 7.98. The summed E-state index contributed by atoms with van der Waals surface area (Å²) >= 11 is 0. The van der Waals surface area contributed by atoms with Gasteiger partial charge in [-0.15, -0.1) is 0 Å². The fraction of sp³-hybridized carbons (Fsp3) is 0.833. The molecular formula is C6H15N3O. The SMILES string of the molecule is CCN(CC)C(=O)CNN. The maximum atomic E-state index is 11.0. The van der Waals surface area contributed by atoms with Gasteiger partial charge in [0, 0.05) is 13.1 Å². The van der Waals surface area contributed by atoms with E-state index >= 15 is 0 Å². The van der Waals surface area contributed by atoms with Crippen molar-refractivity contribution >= 4 is 5.91 Å². The number of hydrogen-bond acceptors (Lipinski definition) is 3. The molecular weight excluding hydrogens is 130 g/mol. The lowest BCUT2D eigenvalue weighted by molar-refractivity contribution is -0.129. The van der Waals surface area contributed by atoms with Crippen LogP contribution in [0, 0.1) is 0 Å². The summed E-state index contributed by atoms with van der Waals surface area (Å²) in [5.74, 6) is 5.03. The Morgan fingerprint density at radius 3 is 2.30 bits per heavy atom. The topological polar surface area (TPSA) is 58.4 Å². The molecule has 10 heavy (non-hydrogen) atoms. The van der Waals surface area contributed by atoms with Gasteiger partial charge < -0.3 is 4.90 Å². The lowest BCUT2D eigenvalue weighted by Crippen LogP contribution is -2.40. The number of amides is 1. The van der Waals surface area contributed by atoms with Crippen molar-refractivity contribution in [1.82, 2.24) is 10.3 Å². The summed E-state index contributed by atoms with van der Waals surface area (Å²) in [4.78, 5) is 12.7. The summed E-state index contributed by atoms with van der Waals surface area (Å²) in [6, 6.07) is 0. The molecule has 0 bridgehead atoms. The van der Waals surface area contributed by atoms with Crippen LogP contribution in [-0.2, 0) is 4.79 Å². The van der Waals surface area contributed by atoms with E-state index in [1.807, 2.05) is 13.8 Å². The van der Waals surface area contributed by atoms with Crippen LogP contribution in [0.2, 0.25) is 0 Å². The first-order valence-corrected chi connectivity index (χ1v) is 3.47. The Morgan fingerprint density at radius 1 is 1.50 bits per heavy atom. The first-order valence-electron chi connectivity index (χ1n) is 3.47. The van der Waals surface area contributed by atoms with Gasteiger partial charge in [0.05, 0.1) is 6.54 Å². The summed E-state index contributed by atoms with van der Waals surface area (Å²) < 4.78 is 0. The van der Waals surface area contributed by atoms with Crippen LogP contribution < -0.4 is 11.3 Å². The number of nitrogens with one attached hydrogen (secondary N) is 1. The summed E-state index contributed by atoms with van der Waals surface area (Å²) in [7, 11) is 0. The maximum absolute atomic E-state index is 11.0. The van der Waals surface area contributed by atoms with Crippen LogP contribution in [0.4, 0.5) is 0 Å². The van der Waals surface area contributed by atoms with Gasteiger partial charge in [0.15, 0.2) is 0 Å². The molecule has 3 N–H and O–H groups in total. The average molecular weight is 145 g/mol. The van der Waals surface area contributed by atoms with Gasteiger partial charge in [0.1, 0.15) is 0 Å². The molecule has 0 aliphatic rings. The molecule has 0 saturated heterocycles. The van der Waals surface area contributed by atoms with E-state index in [0.29, 0.717) is 0 Å². The van der Waals surface area contributed by atoms with E-state index in [2.05, 4.69) is 5.43 Å². The second kappa shape index (κ2) is 5.20. The molecule has 0 atom stereocenters. The lowest BCUT2D eigenvalue weighted by atomic mass is 10.4. The zero-order valence-electron chi connectivity index (χ0n) is 6.55. The number of nitrogens with zero attached hydrogens (tertiary/aromatic N) is 1. The third kappa shape index (κ3) is 2.80.